The maximum atomic E-state index is 12.0. The molecule has 2 aliphatic heterocycles. The molecule has 0 atom stereocenters. The number of anilines is 1. The SMILES string of the molecule is CC(C)c1noc(N2CCC(CCCOc3ccc4c(c3)C(=O)NCC4)CC2)n1. The zero-order valence-electron chi connectivity index (χ0n) is 17.3. The lowest BCUT2D eigenvalue weighted by molar-refractivity contribution is 0.0945. The lowest BCUT2D eigenvalue weighted by atomic mass is 9.92. The fraction of sp³-hybridized carbons (Fsp3) is 0.591. The molecule has 1 amide bonds. The summed E-state index contributed by atoms with van der Waals surface area (Å²) in [5.74, 6) is 2.56. The number of hydrogen-bond donors (Lipinski definition) is 1. The molecule has 1 saturated heterocycles. The smallest absolute Gasteiger partial charge is 0.324 e. The van der Waals surface area contributed by atoms with Crippen LogP contribution >= 0.6 is 0 Å². The molecule has 29 heavy (non-hydrogen) atoms. The van der Waals surface area contributed by atoms with Gasteiger partial charge in [0, 0.05) is 31.1 Å². The molecular formula is C22H30N4O3. The molecule has 0 unspecified atom stereocenters. The normalized spacial score (nSPS) is 17.3. The lowest BCUT2D eigenvalue weighted by Gasteiger charge is -2.30. The van der Waals surface area contributed by atoms with Crippen LogP contribution in [0.15, 0.2) is 22.7 Å². The third-order valence-corrected chi connectivity index (χ3v) is 5.86. The number of carbonyl (C=O) groups excluding carboxylic acids is 1. The molecule has 1 fully saturated rings. The van der Waals surface area contributed by atoms with Crippen LogP contribution in [-0.2, 0) is 6.42 Å². The molecule has 3 heterocycles. The molecule has 0 saturated carbocycles. The van der Waals surface area contributed by atoms with Gasteiger partial charge in [0.25, 0.3) is 5.91 Å². The number of aromatic nitrogens is 2. The number of hydrogen-bond acceptors (Lipinski definition) is 6. The van der Waals surface area contributed by atoms with Gasteiger partial charge in [0.05, 0.1) is 6.61 Å². The first-order chi connectivity index (χ1) is 14.1. The second kappa shape index (κ2) is 8.84. The molecule has 2 aliphatic rings. The van der Waals surface area contributed by atoms with Crippen LogP contribution in [0.3, 0.4) is 0 Å². The number of rotatable bonds is 7. The number of carbonyl (C=O) groups is 1. The number of nitrogens with zero attached hydrogens (tertiary/aromatic N) is 3. The van der Waals surface area contributed by atoms with E-state index in [2.05, 4.69) is 34.2 Å². The Balaban J connectivity index is 1.18. The van der Waals surface area contributed by atoms with Crippen molar-refractivity contribution in [3.63, 3.8) is 0 Å². The topological polar surface area (TPSA) is 80.5 Å². The van der Waals surface area contributed by atoms with E-state index in [0.29, 0.717) is 18.5 Å². The third-order valence-electron chi connectivity index (χ3n) is 5.86. The number of piperidine rings is 1. The van der Waals surface area contributed by atoms with Gasteiger partial charge in [-0.2, -0.15) is 4.98 Å². The molecule has 1 aromatic carbocycles. The molecule has 7 heteroatoms. The van der Waals surface area contributed by atoms with Crippen molar-refractivity contribution in [3.8, 4) is 5.75 Å². The number of benzene rings is 1. The molecule has 4 rings (SSSR count). The van der Waals surface area contributed by atoms with Crippen LogP contribution in [0.5, 0.6) is 5.75 Å². The Morgan fingerprint density at radius 2 is 2.14 bits per heavy atom. The highest BCUT2D eigenvalue weighted by Gasteiger charge is 2.23. The van der Waals surface area contributed by atoms with E-state index in [4.69, 9.17) is 9.26 Å². The Morgan fingerprint density at radius 3 is 2.90 bits per heavy atom. The Kier molecular flexibility index (Phi) is 6.02. The van der Waals surface area contributed by atoms with Gasteiger partial charge in [-0.15, -0.1) is 0 Å². The van der Waals surface area contributed by atoms with Crippen molar-refractivity contribution in [1.29, 1.82) is 0 Å². The van der Waals surface area contributed by atoms with Gasteiger partial charge in [0.1, 0.15) is 5.75 Å². The summed E-state index contributed by atoms with van der Waals surface area (Å²) in [7, 11) is 0. The second-order valence-corrected chi connectivity index (χ2v) is 8.34. The molecule has 1 aromatic heterocycles. The van der Waals surface area contributed by atoms with Gasteiger partial charge in [-0.25, -0.2) is 0 Å². The molecule has 2 aromatic rings. The van der Waals surface area contributed by atoms with Gasteiger partial charge in [-0.05, 0) is 55.7 Å². The molecule has 7 nitrogen and oxygen atoms in total. The standard InChI is InChI=1S/C22H30N4O3/c1-15(2)20-24-22(29-25-20)26-11-8-16(9-12-26)4-3-13-28-18-6-5-17-7-10-23-21(27)19(17)14-18/h5-6,14-16H,3-4,7-13H2,1-2H3,(H,23,27). The summed E-state index contributed by atoms with van der Waals surface area (Å²) in [5, 5.41) is 6.95. The number of ether oxygens (including phenoxy) is 1. The van der Waals surface area contributed by atoms with E-state index in [-0.39, 0.29) is 11.8 Å². The summed E-state index contributed by atoms with van der Waals surface area (Å²) in [4.78, 5) is 18.7. The monoisotopic (exact) mass is 398 g/mol. The van der Waals surface area contributed by atoms with Crippen molar-refractivity contribution < 1.29 is 14.1 Å². The predicted octanol–water partition coefficient (Wildman–Crippen LogP) is 3.55. The van der Waals surface area contributed by atoms with Crippen LogP contribution in [0.4, 0.5) is 6.01 Å². The quantitative estimate of drug-likeness (QED) is 0.719. The van der Waals surface area contributed by atoms with E-state index in [1.54, 1.807) is 0 Å². The summed E-state index contributed by atoms with van der Waals surface area (Å²) >= 11 is 0. The van der Waals surface area contributed by atoms with Crippen LogP contribution in [0.1, 0.15) is 67.2 Å². The Labute approximate surface area is 171 Å². The van der Waals surface area contributed by atoms with E-state index >= 15 is 0 Å². The van der Waals surface area contributed by atoms with E-state index in [1.165, 1.54) is 0 Å². The van der Waals surface area contributed by atoms with Crippen molar-refractivity contribution in [1.82, 2.24) is 15.5 Å². The van der Waals surface area contributed by atoms with E-state index in [9.17, 15) is 4.79 Å². The molecule has 0 spiro atoms. The first-order valence-corrected chi connectivity index (χ1v) is 10.7. The highest BCUT2D eigenvalue weighted by atomic mass is 16.5. The van der Waals surface area contributed by atoms with Crippen LogP contribution in [0.2, 0.25) is 0 Å². The van der Waals surface area contributed by atoms with Crippen LogP contribution in [0, 0.1) is 5.92 Å². The summed E-state index contributed by atoms with van der Waals surface area (Å²) in [6.45, 7) is 7.47. The molecular weight excluding hydrogens is 368 g/mol. The van der Waals surface area contributed by atoms with Crippen LogP contribution < -0.4 is 15.0 Å². The van der Waals surface area contributed by atoms with Gasteiger partial charge in [-0.3, -0.25) is 4.79 Å². The molecule has 1 N–H and O–H groups in total. The first-order valence-electron chi connectivity index (χ1n) is 10.7. The van der Waals surface area contributed by atoms with Gasteiger partial charge in [0.2, 0.25) is 0 Å². The zero-order chi connectivity index (χ0) is 20.2. The zero-order valence-corrected chi connectivity index (χ0v) is 17.3. The van der Waals surface area contributed by atoms with Crippen molar-refractivity contribution >= 4 is 11.9 Å². The summed E-state index contributed by atoms with van der Waals surface area (Å²) in [6, 6.07) is 6.53. The largest absolute Gasteiger partial charge is 0.494 e. The Bertz CT molecular complexity index is 840. The summed E-state index contributed by atoms with van der Waals surface area (Å²) < 4.78 is 11.3. The maximum Gasteiger partial charge on any atom is 0.324 e. The molecule has 0 aliphatic carbocycles. The minimum absolute atomic E-state index is 0.00483. The fourth-order valence-electron chi connectivity index (χ4n) is 4.04. The first kappa shape index (κ1) is 19.7. The Hall–Kier alpha value is -2.57. The van der Waals surface area contributed by atoms with Gasteiger partial charge in [-0.1, -0.05) is 25.1 Å². The number of nitrogens with one attached hydrogen (secondary N) is 1. The van der Waals surface area contributed by atoms with Crippen molar-refractivity contribution in [2.75, 3.05) is 31.1 Å². The fourth-order valence-corrected chi connectivity index (χ4v) is 4.04. The van der Waals surface area contributed by atoms with E-state index < -0.39 is 0 Å². The van der Waals surface area contributed by atoms with Gasteiger partial charge >= 0.3 is 6.01 Å². The summed E-state index contributed by atoms with van der Waals surface area (Å²) in [6.07, 6.45) is 5.34. The highest BCUT2D eigenvalue weighted by molar-refractivity contribution is 5.97. The van der Waals surface area contributed by atoms with E-state index in [0.717, 1.165) is 74.4 Å². The van der Waals surface area contributed by atoms with Crippen molar-refractivity contribution in [3.05, 3.63) is 35.2 Å². The maximum absolute atomic E-state index is 12.0. The molecule has 156 valence electrons. The molecule has 0 radical (unpaired) electrons. The number of amides is 1. The third kappa shape index (κ3) is 4.71. The highest BCUT2D eigenvalue weighted by Crippen LogP contribution is 2.26. The second-order valence-electron chi connectivity index (χ2n) is 8.34. The van der Waals surface area contributed by atoms with Crippen molar-refractivity contribution in [2.24, 2.45) is 5.92 Å². The lowest BCUT2D eigenvalue weighted by Crippen LogP contribution is -2.34. The average Bonchev–Trinajstić information content (AvgIpc) is 3.23. The minimum Gasteiger partial charge on any atom is -0.494 e. The average molecular weight is 399 g/mol. The van der Waals surface area contributed by atoms with Crippen LogP contribution in [-0.4, -0.2) is 42.3 Å². The van der Waals surface area contributed by atoms with E-state index in [1.807, 2.05) is 18.2 Å². The Morgan fingerprint density at radius 1 is 1.31 bits per heavy atom. The van der Waals surface area contributed by atoms with Gasteiger partial charge < -0.3 is 19.5 Å². The minimum atomic E-state index is 0.00483. The van der Waals surface area contributed by atoms with Crippen LogP contribution in [0.25, 0.3) is 0 Å². The predicted molar refractivity (Wildman–Crippen MR) is 111 cm³/mol. The number of fused-ring (bicyclic) bond motifs is 1. The van der Waals surface area contributed by atoms with Crippen molar-refractivity contribution in [2.45, 2.75) is 51.9 Å². The summed E-state index contributed by atoms with van der Waals surface area (Å²) in [5.41, 5.74) is 1.86. The van der Waals surface area contributed by atoms with Gasteiger partial charge in [0.15, 0.2) is 5.82 Å². The molecule has 0 bridgehead atoms.